The van der Waals surface area contributed by atoms with E-state index in [9.17, 15) is 8.78 Å². The van der Waals surface area contributed by atoms with Gasteiger partial charge in [-0.05, 0) is 49.6 Å². The highest BCUT2D eigenvalue weighted by molar-refractivity contribution is 5.27. The largest absolute Gasteiger partial charge is 0.324 e. The molecule has 19 heavy (non-hydrogen) atoms. The molecule has 0 bridgehead atoms. The average Bonchev–Trinajstić information content (AvgIpc) is 2.33. The molecule has 0 amide bonds. The second kappa shape index (κ2) is 5.45. The Kier molecular flexibility index (Phi) is 3.90. The Labute approximate surface area is 111 Å². The molecule has 1 aromatic heterocycles. The maximum absolute atomic E-state index is 13.6. The van der Waals surface area contributed by atoms with Gasteiger partial charge in [-0.25, -0.2) is 8.78 Å². The summed E-state index contributed by atoms with van der Waals surface area (Å²) in [7, 11) is 0. The lowest BCUT2D eigenvalue weighted by Gasteiger charge is -2.14. The fourth-order valence-corrected chi connectivity index (χ4v) is 2.14. The zero-order valence-corrected chi connectivity index (χ0v) is 11.0. The van der Waals surface area contributed by atoms with Gasteiger partial charge < -0.3 is 5.73 Å². The number of hydrogen-bond donors (Lipinski definition) is 1. The lowest BCUT2D eigenvalue weighted by atomic mass is 9.99. The molecule has 2 N–H and O–H groups in total. The van der Waals surface area contributed by atoms with Crippen molar-refractivity contribution in [3.63, 3.8) is 0 Å². The van der Waals surface area contributed by atoms with Crippen molar-refractivity contribution in [3.05, 3.63) is 64.5 Å². The fraction of sp³-hybridized carbons (Fsp3) is 0.267. The molecule has 4 heteroatoms. The van der Waals surface area contributed by atoms with Crippen LogP contribution in [0, 0.1) is 25.5 Å². The summed E-state index contributed by atoms with van der Waals surface area (Å²) in [4.78, 5) is 4.27. The van der Waals surface area contributed by atoms with Gasteiger partial charge >= 0.3 is 0 Å². The molecule has 2 rings (SSSR count). The van der Waals surface area contributed by atoms with E-state index in [4.69, 9.17) is 5.73 Å². The van der Waals surface area contributed by atoms with Crippen LogP contribution in [-0.2, 0) is 6.42 Å². The molecule has 100 valence electrons. The number of aromatic nitrogens is 1. The average molecular weight is 262 g/mol. The molecule has 0 aliphatic carbocycles. The number of aryl methyl sites for hydroxylation is 2. The van der Waals surface area contributed by atoms with Crippen molar-refractivity contribution in [1.29, 1.82) is 0 Å². The highest BCUT2D eigenvalue weighted by Gasteiger charge is 2.13. The zero-order chi connectivity index (χ0) is 14.0. The Bertz CT molecular complexity index is 576. The summed E-state index contributed by atoms with van der Waals surface area (Å²) in [5.41, 5.74) is 8.97. The number of halogens is 2. The van der Waals surface area contributed by atoms with Crippen molar-refractivity contribution in [1.82, 2.24) is 4.98 Å². The Morgan fingerprint density at radius 2 is 1.79 bits per heavy atom. The lowest BCUT2D eigenvalue weighted by Crippen LogP contribution is -2.15. The van der Waals surface area contributed by atoms with Gasteiger partial charge in [0, 0.05) is 17.4 Å². The van der Waals surface area contributed by atoms with E-state index in [1.54, 1.807) is 6.07 Å². The molecular formula is C15H16F2N2. The third kappa shape index (κ3) is 3.15. The standard InChI is InChI=1S/C15H16F2N2/c1-9-6-12(7-10(2)19-9)14(18)8-11-4-3-5-13(16)15(11)17/h3-7,14H,8,18H2,1-2H3. The number of hydrogen-bond acceptors (Lipinski definition) is 2. The zero-order valence-electron chi connectivity index (χ0n) is 11.0. The van der Waals surface area contributed by atoms with Crippen LogP contribution in [-0.4, -0.2) is 4.98 Å². The normalized spacial score (nSPS) is 12.5. The number of rotatable bonds is 3. The van der Waals surface area contributed by atoms with Gasteiger partial charge in [0.1, 0.15) is 0 Å². The minimum absolute atomic E-state index is 0.256. The molecule has 0 saturated carbocycles. The van der Waals surface area contributed by atoms with E-state index in [1.807, 2.05) is 26.0 Å². The first-order chi connectivity index (χ1) is 8.97. The van der Waals surface area contributed by atoms with Gasteiger partial charge in [-0.1, -0.05) is 12.1 Å². The van der Waals surface area contributed by atoms with Crippen LogP contribution in [0.25, 0.3) is 0 Å². The van der Waals surface area contributed by atoms with Crippen LogP contribution < -0.4 is 5.73 Å². The van der Waals surface area contributed by atoms with E-state index in [1.165, 1.54) is 6.07 Å². The van der Waals surface area contributed by atoms with Crippen LogP contribution >= 0.6 is 0 Å². The van der Waals surface area contributed by atoms with E-state index in [0.717, 1.165) is 23.0 Å². The van der Waals surface area contributed by atoms with Crippen molar-refractivity contribution in [2.75, 3.05) is 0 Å². The Balaban J connectivity index is 2.25. The van der Waals surface area contributed by atoms with Gasteiger partial charge in [0.2, 0.25) is 0 Å². The molecule has 1 heterocycles. The minimum atomic E-state index is -0.841. The number of pyridine rings is 1. The van der Waals surface area contributed by atoms with Gasteiger partial charge in [-0.2, -0.15) is 0 Å². The summed E-state index contributed by atoms with van der Waals surface area (Å²) in [6.45, 7) is 3.76. The molecule has 0 aliphatic heterocycles. The molecule has 0 aliphatic rings. The SMILES string of the molecule is Cc1cc(C(N)Cc2cccc(F)c2F)cc(C)n1. The molecular weight excluding hydrogens is 246 g/mol. The second-order valence-corrected chi connectivity index (χ2v) is 4.71. The van der Waals surface area contributed by atoms with Gasteiger partial charge in [0.05, 0.1) is 0 Å². The molecule has 0 radical (unpaired) electrons. The van der Waals surface area contributed by atoms with E-state index in [2.05, 4.69) is 4.98 Å². The molecule has 2 aromatic rings. The summed E-state index contributed by atoms with van der Waals surface area (Å²) in [5.74, 6) is -1.66. The molecule has 2 nitrogen and oxygen atoms in total. The Morgan fingerprint density at radius 3 is 2.42 bits per heavy atom. The monoisotopic (exact) mass is 262 g/mol. The summed E-state index contributed by atoms with van der Waals surface area (Å²) in [6, 6.07) is 7.51. The predicted molar refractivity (Wildman–Crippen MR) is 70.7 cm³/mol. The van der Waals surface area contributed by atoms with E-state index in [-0.39, 0.29) is 12.5 Å². The summed E-state index contributed by atoms with van der Waals surface area (Å²) in [5, 5.41) is 0. The highest BCUT2D eigenvalue weighted by Crippen LogP contribution is 2.20. The third-order valence-electron chi connectivity index (χ3n) is 3.00. The smallest absolute Gasteiger partial charge is 0.162 e. The Hall–Kier alpha value is -1.81. The van der Waals surface area contributed by atoms with Gasteiger partial charge in [0.25, 0.3) is 0 Å². The minimum Gasteiger partial charge on any atom is -0.324 e. The molecule has 0 saturated heterocycles. The number of nitrogens with zero attached hydrogens (tertiary/aromatic N) is 1. The molecule has 1 atom stereocenters. The van der Waals surface area contributed by atoms with Crippen LogP contribution in [0.2, 0.25) is 0 Å². The van der Waals surface area contributed by atoms with E-state index >= 15 is 0 Å². The van der Waals surface area contributed by atoms with Crippen LogP contribution in [0.15, 0.2) is 30.3 Å². The Morgan fingerprint density at radius 1 is 1.16 bits per heavy atom. The molecule has 1 aromatic carbocycles. The quantitative estimate of drug-likeness (QED) is 0.922. The third-order valence-corrected chi connectivity index (χ3v) is 3.00. The highest BCUT2D eigenvalue weighted by atomic mass is 19.2. The van der Waals surface area contributed by atoms with E-state index < -0.39 is 11.6 Å². The van der Waals surface area contributed by atoms with Gasteiger partial charge in [0.15, 0.2) is 11.6 Å². The van der Waals surface area contributed by atoms with Crippen molar-refractivity contribution < 1.29 is 8.78 Å². The maximum atomic E-state index is 13.6. The number of nitrogens with two attached hydrogens (primary N) is 1. The van der Waals surface area contributed by atoms with Gasteiger partial charge in [-0.15, -0.1) is 0 Å². The van der Waals surface area contributed by atoms with Crippen LogP contribution in [0.5, 0.6) is 0 Å². The summed E-state index contributed by atoms with van der Waals surface area (Å²) < 4.78 is 26.7. The molecule has 0 spiro atoms. The predicted octanol–water partition coefficient (Wildman–Crippen LogP) is 3.22. The second-order valence-electron chi connectivity index (χ2n) is 4.71. The number of benzene rings is 1. The van der Waals surface area contributed by atoms with Crippen LogP contribution in [0.4, 0.5) is 8.78 Å². The van der Waals surface area contributed by atoms with Crippen molar-refractivity contribution in [2.24, 2.45) is 5.73 Å². The van der Waals surface area contributed by atoms with Crippen LogP contribution in [0.3, 0.4) is 0 Å². The maximum Gasteiger partial charge on any atom is 0.162 e. The topological polar surface area (TPSA) is 38.9 Å². The summed E-state index contributed by atoms with van der Waals surface area (Å²) >= 11 is 0. The van der Waals surface area contributed by atoms with Crippen molar-refractivity contribution in [2.45, 2.75) is 26.3 Å². The van der Waals surface area contributed by atoms with Crippen molar-refractivity contribution in [3.8, 4) is 0 Å². The molecule has 0 fully saturated rings. The van der Waals surface area contributed by atoms with Crippen molar-refractivity contribution >= 4 is 0 Å². The van der Waals surface area contributed by atoms with Gasteiger partial charge in [-0.3, -0.25) is 4.98 Å². The first-order valence-electron chi connectivity index (χ1n) is 6.11. The first-order valence-corrected chi connectivity index (χ1v) is 6.11. The summed E-state index contributed by atoms with van der Waals surface area (Å²) in [6.07, 6.45) is 0.256. The lowest BCUT2D eigenvalue weighted by molar-refractivity contribution is 0.494. The van der Waals surface area contributed by atoms with E-state index in [0.29, 0.717) is 5.56 Å². The fourth-order valence-electron chi connectivity index (χ4n) is 2.14. The molecule has 1 unspecified atom stereocenters. The first kappa shape index (κ1) is 13.6. The van der Waals surface area contributed by atoms with Crippen LogP contribution in [0.1, 0.15) is 28.6 Å².